The third kappa shape index (κ3) is 2.01. The monoisotopic (exact) mass is 230 g/mol. The Labute approximate surface area is 92.0 Å². The number of urea groups is 1. The van der Waals surface area contributed by atoms with Gasteiger partial charge in [-0.2, -0.15) is 0 Å². The first kappa shape index (κ1) is 11.3. The van der Waals surface area contributed by atoms with E-state index in [0.29, 0.717) is 0 Å². The molecule has 2 aliphatic heterocycles. The zero-order valence-corrected chi connectivity index (χ0v) is 8.63. The zero-order valence-electron chi connectivity index (χ0n) is 8.63. The topological polar surface area (TPSA) is 99.1 Å². The summed E-state index contributed by atoms with van der Waals surface area (Å²) in [4.78, 5) is 23.8. The van der Waals surface area contributed by atoms with E-state index in [-0.39, 0.29) is 31.9 Å². The van der Waals surface area contributed by atoms with E-state index in [4.69, 9.17) is 9.84 Å². The fraction of sp³-hybridized carbons (Fsp3) is 0.778. The van der Waals surface area contributed by atoms with Crippen LogP contribution in [-0.4, -0.2) is 58.6 Å². The summed E-state index contributed by atoms with van der Waals surface area (Å²) < 4.78 is 5.32. The summed E-state index contributed by atoms with van der Waals surface area (Å²) in [5.74, 6) is -0.307. The number of aliphatic hydroxyl groups is 2. The van der Waals surface area contributed by atoms with Gasteiger partial charge in [0.05, 0.1) is 12.7 Å². The molecule has 1 unspecified atom stereocenters. The number of hydrogen-bond donors (Lipinski definition) is 3. The number of nitrogens with one attached hydrogen (secondary N) is 1. The first-order valence-electron chi connectivity index (χ1n) is 5.16. The molecule has 0 aromatic heterocycles. The summed E-state index contributed by atoms with van der Waals surface area (Å²) >= 11 is 0. The molecule has 2 fully saturated rings. The number of imide groups is 1. The molecule has 0 aromatic carbocycles. The van der Waals surface area contributed by atoms with Crippen molar-refractivity contribution in [2.75, 3.05) is 13.2 Å². The maximum Gasteiger partial charge on any atom is 0.326 e. The van der Waals surface area contributed by atoms with Gasteiger partial charge in [-0.3, -0.25) is 15.0 Å². The first-order chi connectivity index (χ1) is 7.61. The molecule has 3 atom stereocenters. The molecule has 0 aromatic rings. The number of carbonyl (C=O) groups excluding carboxylic acids is 2. The molecule has 2 heterocycles. The van der Waals surface area contributed by atoms with Gasteiger partial charge in [0.15, 0.2) is 0 Å². The summed E-state index contributed by atoms with van der Waals surface area (Å²) in [5, 5.41) is 20.6. The van der Waals surface area contributed by atoms with Crippen LogP contribution in [0.1, 0.15) is 12.8 Å². The van der Waals surface area contributed by atoms with Gasteiger partial charge in [0.25, 0.3) is 0 Å². The molecule has 7 heteroatoms. The van der Waals surface area contributed by atoms with Crippen LogP contribution in [0.3, 0.4) is 0 Å². The molecule has 0 radical (unpaired) electrons. The molecule has 0 spiro atoms. The standard InChI is InChI=1S/C9H14N2O5/c12-4-6-5(13)3-8(16-6)11-2-1-7(14)10-9(11)15/h5-6,8,12-13H,1-4H2,(H,10,14,15)/t5?,6-,8-/m1/s1. The molecule has 0 aliphatic carbocycles. The minimum Gasteiger partial charge on any atom is -0.394 e. The zero-order chi connectivity index (χ0) is 11.7. The van der Waals surface area contributed by atoms with Gasteiger partial charge in [0, 0.05) is 19.4 Å². The normalized spacial score (nSPS) is 35.4. The number of nitrogens with zero attached hydrogens (tertiary/aromatic N) is 1. The van der Waals surface area contributed by atoms with Crippen molar-refractivity contribution in [1.82, 2.24) is 10.2 Å². The van der Waals surface area contributed by atoms with Gasteiger partial charge in [-0.15, -0.1) is 0 Å². The molecule has 2 saturated heterocycles. The van der Waals surface area contributed by atoms with Crippen LogP contribution in [-0.2, 0) is 9.53 Å². The highest BCUT2D eigenvalue weighted by atomic mass is 16.5. The molecule has 90 valence electrons. The van der Waals surface area contributed by atoms with Crippen LogP contribution in [0, 0.1) is 0 Å². The molecule has 2 aliphatic rings. The van der Waals surface area contributed by atoms with E-state index in [1.165, 1.54) is 4.90 Å². The lowest BCUT2D eigenvalue weighted by molar-refractivity contribution is -0.123. The van der Waals surface area contributed by atoms with E-state index in [2.05, 4.69) is 5.32 Å². The Morgan fingerprint density at radius 1 is 1.50 bits per heavy atom. The highest BCUT2D eigenvalue weighted by molar-refractivity contribution is 5.96. The lowest BCUT2D eigenvalue weighted by atomic mass is 10.2. The van der Waals surface area contributed by atoms with Crippen LogP contribution in [0.4, 0.5) is 4.79 Å². The predicted molar refractivity (Wildman–Crippen MR) is 51.2 cm³/mol. The lowest BCUT2D eigenvalue weighted by Gasteiger charge is -2.31. The van der Waals surface area contributed by atoms with Crippen molar-refractivity contribution < 1.29 is 24.5 Å². The molecule has 0 bridgehead atoms. The maximum absolute atomic E-state index is 11.5. The first-order valence-corrected chi connectivity index (χ1v) is 5.16. The largest absolute Gasteiger partial charge is 0.394 e. The molecule has 3 amide bonds. The second-order valence-corrected chi connectivity index (χ2v) is 3.91. The second kappa shape index (κ2) is 4.36. The molecule has 3 N–H and O–H groups in total. The Morgan fingerprint density at radius 3 is 2.81 bits per heavy atom. The van der Waals surface area contributed by atoms with Crippen molar-refractivity contribution in [1.29, 1.82) is 0 Å². The van der Waals surface area contributed by atoms with E-state index in [9.17, 15) is 14.7 Å². The summed E-state index contributed by atoms with van der Waals surface area (Å²) in [6, 6.07) is -0.507. The fourth-order valence-electron chi connectivity index (χ4n) is 1.92. The number of rotatable bonds is 2. The summed E-state index contributed by atoms with van der Waals surface area (Å²) in [5.41, 5.74) is 0. The van der Waals surface area contributed by atoms with Crippen molar-refractivity contribution in [2.24, 2.45) is 0 Å². The molecular formula is C9H14N2O5. The third-order valence-corrected chi connectivity index (χ3v) is 2.82. The van der Waals surface area contributed by atoms with Gasteiger partial charge < -0.3 is 14.9 Å². The number of carbonyl (C=O) groups is 2. The quantitative estimate of drug-likeness (QED) is 0.530. The number of aliphatic hydroxyl groups excluding tert-OH is 2. The van der Waals surface area contributed by atoms with E-state index >= 15 is 0 Å². The van der Waals surface area contributed by atoms with Crippen LogP contribution in [0.15, 0.2) is 0 Å². The van der Waals surface area contributed by atoms with Crippen LogP contribution < -0.4 is 5.32 Å². The van der Waals surface area contributed by atoms with Crippen molar-refractivity contribution >= 4 is 11.9 Å². The second-order valence-electron chi connectivity index (χ2n) is 3.91. The molecular weight excluding hydrogens is 216 g/mol. The highest BCUT2D eigenvalue weighted by Gasteiger charge is 2.40. The minimum atomic E-state index is -0.777. The Morgan fingerprint density at radius 2 is 2.25 bits per heavy atom. The van der Waals surface area contributed by atoms with Gasteiger partial charge in [-0.25, -0.2) is 4.79 Å². The van der Waals surface area contributed by atoms with E-state index in [0.717, 1.165) is 0 Å². The molecule has 16 heavy (non-hydrogen) atoms. The van der Waals surface area contributed by atoms with Crippen LogP contribution >= 0.6 is 0 Å². The van der Waals surface area contributed by atoms with E-state index in [1.807, 2.05) is 0 Å². The van der Waals surface area contributed by atoms with Gasteiger partial charge in [-0.05, 0) is 0 Å². The summed E-state index contributed by atoms with van der Waals surface area (Å²) in [7, 11) is 0. The molecule has 7 nitrogen and oxygen atoms in total. The SMILES string of the molecule is O=C1CCN([C@H]2CC(O)[C@@H](CO)O2)C(=O)N1. The van der Waals surface area contributed by atoms with Crippen molar-refractivity contribution in [3.05, 3.63) is 0 Å². The number of amides is 3. The minimum absolute atomic E-state index is 0.228. The maximum atomic E-state index is 11.5. The van der Waals surface area contributed by atoms with Crippen molar-refractivity contribution in [3.63, 3.8) is 0 Å². The van der Waals surface area contributed by atoms with E-state index in [1.54, 1.807) is 0 Å². The average molecular weight is 230 g/mol. The van der Waals surface area contributed by atoms with Gasteiger partial charge >= 0.3 is 6.03 Å². The van der Waals surface area contributed by atoms with Crippen molar-refractivity contribution in [2.45, 2.75) is 31.3 Å². The molecule has 0 saturated carbocycles. The van der Waals surface area contributed by atoms with E-state index < -0.39 is 24.5 Å². The predicted octanol–water partition coefficient (Wildman–Crippen LogP) is -1.60. The van der Waals surface area contributed by atoms with Crippen LogP contribution in [0.25, 0.3) is 0 Å². The molecule has 2 rings (SSSR count). The smallest absolute Gasteiger partial charge is 0.326 e. The van der Waals surface area contributed by atoms with Crippen LogP contribution in [0.2, 0.25) is 0 Å². The third-order valence-electron chi connectivity index (χ3n) is 2.82. The summed E-state index contributed by atoms with van der Waals surface area (Å²) in [6.07, 6.45) is -1.52. The summed E-state index contributed by atoms with van der Waals surface area (Å²) in [6.45, 7) is -0.00768. The fourth-order valence-corrected chi connectivity index (χ4v) is 1.92. The Balaban J connectivity index is 1.98. The Hall–Kier alpha value is -1.18. The average Bonchev–Trinajstić information content (AvgIpc) is 2.59. The Bertz CT molecular complexity index is 308. The highest BCUT2D eigenvalue weighted by Crippen LogP contribution is 2.24. The van der Waals surface area contributed by atoms with Crippen molar-refractivity contribution in [3.8, 4) is 0 Å². The number of hydrogen-bond acceptors (Lipinski definition) is 5. The van der Waals surface area contributed by atoms with Gasteiger partial charge in [-0.1, -0.05) is 0 Å². The Kier molecular flexibility index (Phi) is 3.08. The number of ether oxygens (including phenoxy) is 1. The van der Waals surface area contributed by atoms with Crippen LogP contribution in [0.5, 0.6) is 0 Å². The van der Waals surface area contributed by atoms with Gasteiger partial charge in [0.1, 0.15) is 12.3 Å². The lowest BCUT2D eigenvalue weighted by Crippen LogP contribution is -2.53. The van der Waals surface area contributed by atoms with Gasteiger partial charge in [0.2, 0.25) is 5.91 Å².